The number of hydrogen-bond acceptors (Lipinski definition) is 3. The topological polar surface area (TPSA) is 72.9 Å². The lowest BCUT2D eigenvalue weighted by Gasteiger charge is -2.08. The first-order chi connectivity index (χ1) is 8.59. The Bertz CT molecular complexity index is 514. The highest BCUT2D eigenvalue weighted by atomic mass is 16.2. The zero-order chi connectivity index (χ0) is 14.6. The van der Waals surface area contributed by atoms with Gasteiger partial charge in [-0.25, -0.2) is 0 Å². The smallest absolute Gasteiger partial charge is 0.241 e. The molecule has 1 amide bonds. The largest absolute Gasteiger partial charge is 0.396 e. The molecule has 0 spiro atoms. The van der Waals surface area contributed by atoms with Crippen LogP contribution < -0.4 is 11.1 Å². The Morgan fingerprint density at radius 1 is 1.32 bits per heavy atom. The molecule has 0 aromatic carbocycles. The van der Waals surface area contributed by atoms with E-state index in [0.29, 0.717) is 5.69 Å². The van der Waals surface area contributed by atoms with E-state index in [2.05, 4.69) is 38.1 Å². The van der Waals surface area contributed by atoms with Crippen molar-refractivity contribution in [2.24, 2.45) is 10.8 Å². The van der Waals surface area contributed by atoms with Crippen molar-refractivity contribution in [3.8, 4) is 0 Å². The maximum atomic E-state index is 12.1. The molecule has 0 atom stereocenters. The van der Waals surface area contributed by atoms with Gasteiger partial charge >= 0.3 is 0 Å². The predicted molar refractivity (Wildman–Crippen MR) is 75.6 cm³/mol. The number of rotatable bonds is 3. The molecule has 1 heterocycles. The monoisotopic (exact) mass is 264 g/mol. The van der Waals surface area contributed by atoms with Gasteiger partial charge in [0.2, 0.25) is 5.91 Å². The van der Waals surface area contributed by atoms with E-state index >= 15 is 0 Å². The highest BCUT2D eigenvalue weighted by Gasteiger charge is 2.65. The molecule has 1 aliphatic rings. The number of nitrogen functional groups attached to an aromatic ring is 1. The molecule has 19 heavy (non-hydrogen) atoms. The number of aryl methyl sites for hydroxylation is 1. The Balaban J connectivity index is 2.02. The molecule has 3 N–H and O–H groups in total. The second-order valence-corrected chi connectivity index (χ2v) is 6.69. The summed E-state index contributed by atoms with van der Waals surface area (Å²) < 4.78 is 1.67. The second-order valence-electron chi connectivity index (χ2n) is 6.69. The van der Waals surface area contributed by atoms with Gasteiger partial charge in [-0.2, -0.15) is 5.10 Å². The van der Waals surface area contributed by atoms with Crippen molar-refractivity contribution in [1.82, 2.24) is 15.1 Å². The highest BCUT2D eigenvalue weighted by Crippen LogP contribution is 2.62. The molecule has 0 aliphatic heterocycles. The minimum Gasteiger partial charge on any atom is -0.396 e. The summed E-state index contributed by atoms with van der Waals surface area (Å²) in [5.41, 5.74) is 8.45. The van der Waals surface area contributed by atoms with Gasteiger partial charge < -0.3 is 11.1 Å². The minimum absolute atomic E-state index is 0.00532. The number of aromatic nitrogens is 2. The van der Waals surface area contributed by atoms with Crippen LogP contribution in [0, 0.1) is 24.7 Å². The summed E-state index contributed by atoms with van der Waals surface area (Å²) in [6, 6.07) is 0.224. The van der Waals surface area contributed by atoms with Crippen molar-refractivity contribution < 1.29 is 4.79 Å². The fraction of sp³-hybridized carbons (Fsp3) is 0.714. The average Bonchev–Trinajstić information content (AvgIpc) is 2.53. The molecule has 0 unspecified atom stereocenters. The van der Waals surface area contributed by atoms with Gasteiger partial charge in [0.05, 0.1) is 17.1 Å². The fourth-order valence-corrected chi connectivity index (χ4v) is 2.76. The molecule has 1 aromatic rings. The van der Waals surface area contributed by atoms with Crippen LogP contribution in [-0.2, 0) is 11.3 Å². The van der Waals surface area contributed by atoms with Crippen LogP contribution in [0.25, 0.3) is 0 Å². The van der Waals surface area contributed by atoms with Crippen LogP contribution in [0.3, 0.4) is 0 Å². The molecule has 1 fully saturated rings. The van der Waals surface area contributed by atoms with Crippen molar-refractivity contribution in [3.63, 3.8) is 0 Å². The lowest BCUT2D eigenvalue weighted by molar-refractivity contribution is -0.122. The van der Waals surface area contributed by atoms with Crippen LogP contribution in [0.5, 0.6) is 0 Å². The Morgan fingerprint density at radius 2 is 1.84 bits per heavy atom. The molecule has 5 heteroatoms. The van der Waals surface area contributed by atoms with Gasteiger partial charge in [0.25, 0.3) is 0 Å². The van der Waals surface area contributed by atoms with Crippen LogP contribution in [-0.4, -0.2) is 21.7 Å². The number of amides is 1. The number of carbonyl (C=O) groups is 1. The van der Waals surface area contributed by atoms with Crippen LogP contribution in [0.2, 0.25) is 0 Å². The number of nitrogens with two attached hydrogens (primary N) is 1. The third-order valence-corrected chi connectivity index (χ3v) is 5.06. The van der Waals surface area contributed by atoms with E-state index < -0.39 is 0 Å². The molecule has 0 radical (unpaired) electrons. The molecule has 0 saturated heterocycles. The van der Waals surface area contributed by atoms with E-state index in [1.54, 1.807) is 4.68 Å². The number of anilines is 1. The molecular weight excluding hydrogens is 240 g/mol. The van der Waals surface area contributed by atoms with Gasteiger partial charge in [0.15, 0.2) is 0 Å². The molecule has 5 nitrogen and oxygen atoms in total. The van der Waals surface area contributed by atoms with Crippen LogP contribution in [0.1, 0.15) is 39.1 Å². The van der Waals surface area contributed by atoms with E-state index in [9.17, 15) is 4.79 Å². The normalized spacial score (nSPS) is 20.3. The summed E-state index contributed by atoms with van der Waals surface area (Å²) in [6.45, 7) is 12.7. The SMILES string of the molecule is Cc1nn(CC(=O)NC2C(C)(C)C2(C)C)c(C)c1N. The van der Waals surface area contributed by atoms with Gasteiger partial charge in [-0.1, -0.05) is 27.7 Å². The van der Waals surface area contributed by atoms with Crippen molar-refractivity contribution in [3.05, 3.63) is 11.4 Å². The van der Waals surface area contributed by atoms with Gasteiger partial charge in [0.1, 0.15) is 6.54 Å². The zero-order valence-electron chi connectivity index (χ0n) is 12.7. The third kappa shape index (κ3) is 2.01. The zero-order valence-corrected chi connectivity index (χ0v) is 12.7. The summed E-state index contributed by atoms with van der Waals surface area (Å²) in [7, 11) is 0. The summed E-state index contributed by atoms with van der Waals surface area (Å²) in [4.78, 5) is 12.1. The van der Waals surface area contributed by atoms with E-state index in [-0.39, 0.29) is 29.3 Å². The minimum atomic E-state index is -0.00532. The number of nitrogens with zero attached hydrogens (tertiary/aromatic N) is 2. The second kappa shape index (κ2) is 3.99. The molecule has 0 bridgehead atoms. The number of carbonyl (C=O) groups excluding carboxylic acids is 1. The first-order valence-electron chi connectivity index (χ1n) is 6.68. The van der Waals surface area contributed by atoms with E-state index in [1.807, 2.05) is 13.8 Å². The average molecular weight is 264 g/mol. The third-order valence-electron chi connectivity index (χ3n) is 5.06. The fourth-order valence-electron chi connectivity index (χ4n) is 2.76. The number of nitrogens with one attached hydrogen (secondary N) is 1. The Kier molecular flexibility index (Phi) is 2.92. The van der Waals surface area contributed by atoms with Crippen LogP contribution in [0.15, 0.2) is 0 Å². The quantitative estimate of drug-likeness (QED) is 0.871. The van der Waals surface area contributed by atoms with Gasteiger partial charge in [-0.3, -0.25) is 9.48 Å². The molecule has 1 aliphatic carbocycles. The van der Waals surface area contributed by atoms with E-state index in [1.165, 1.54) is 0 Å². The maximum Gasteiger partial charge on any atom is 0.241 e. The molecule has 106 valence electrons. The van der Waals surface area contributed by atoms with Crippen molar-refractivity contribution in [1.29, 1.82) is 0 Å². The standard InChI is InChI=1S/C14H24N4O/c1-8-11(15)9(2)18(17-8)7-10(19)16-12-13(3,4)14(12,5)6/h12H,7,15H2,1-6H3,(H,16,19). The Morgan fingerprint density at radius 3 is 2.21 bits per heavy atom. The molecule has 1 aromatic heterocycles. The Labute approximate surface area is 114 Å². The Hall–Kier alpha value is -1.52. The van der Waals surface area contributed by atoms with E-state index in [0.717, 1.165) is 11.4 Å². The first-order valence-corrected chi connectivity index (χ1v) is 6.68. The molecule has 2 rings (SSSR count). The lowest BCUT2D eigenvalue weighted by atomic mass is 10.0. The summed E-state index contributed by atoms with van der Waals surface area (Å²) in [5.74, 6) is -0.00532. The summed E-state index contributed by atoms with van der Waals surface area (Å²) in [6.07, 6.45) is 0. The highest BCUT2D eigenvalue weighted by molar-refractivity contribution is 5.77. The van der Waals surface area contributed by atoms with E-state index in [4.69, 9.17) is 5.73 Å². The van der Waals surface area contributed by atoms with Gasteiger partial charge in [-0.15, -0.1) is 0 Å². The summed E-state index contributed by atoms with van der Waals surface area (Å²) >= 11 is 0. The van der Waals surface area contributed by atoms with Gasteiger partial charge in [-0.05, 0) is 24.7 Å². The van der Waals surface area contributed by atoms with Crippen LogP contribution in [0.4, 0.5) is 5.69 Å². The summed E-state index contributed by atoms with van der Waals surface area (Å²) in [5, 5.41) is 7.38. The van der Waals surface area contributed by atoms with Crippen molar-refractivity contribution >= 4 is 11.6 Å². The molecule has 1 saturated carbocycles. The van der Waals surface area contributed by atoms with Crippen molar-refractivity contribution in [2.45, 2.75) is 54.1 Å². The predicted octanol–water partition coefficient (Wildman–Crippen LogP) is 1.63. The molecular formula is C14H24N4O. The number of hydrogen-bond donors (Lipinski definition) is 2. The van der Waals surface area contributed by atoms with Crippen LogP contribution >= 0.6 is 0 Å². The maximum absolute atomic E-state index is 12.1. The first kappa shape index (κ1) is 13.9. The lowest BCUT2D eigenvalue weighted by Crippen LogP contribution is -2.33. The van der Waals surface area contributed by atoms with Gasteiger partial charge in [0, 0.05) is 6.04 Å². The van der Waals surface area contributed by atoms with Crippen molar-refractivity contribution in [2.75, 3.05) is 5.73 Å².